The first-order valence-corrected chi connectivity index (χ1v) is 9.69. The minimum Gasteiger partial charge on any atom is -0.391 e. The van der Waals surface area contributed by atoms with E-state index in [1.54, 1.807) is 0 Å². The minimum atomic E-state index is -8.46. The molecule has 4 nitrogen and oxygen atoms in total. The van der Waals surface area contributed by atoms with Crippen molar-refractivity contribution in [1.82, 2.24) is 4.90 Å². The third-order valence-corrected chi connectivity index (χ3v) is 5.00. The van der Waals surface area contributed by atoms with Crippen molar-refractivity contribution in [3.8, 4) is 0 Å². The smallest absolute Gasteiger partial charge is 0.391 e. The van der Waals surface area contributed by atoms with Crippen LogP contribution >= 0.6 is 0 Å². The van der Waals surface area contributed by atoms with Gasteiger partial charge in [0, 0.05) is 13.1 Å². The summed E-state index contributed by atoms with van der Waals surface area (Å²) in [5.74, 6) is -51.5. The summed E-state index contributed by atoms with van der Waals surface area (Å²) in [5.41, 5.74) is 0. The Kier molecular flexibility index (Phi) is 10.1. The van der Waals surface area contributed by atoms with E-state index in [2.05, 4.69) is 0 Å². The van der Waals surface area contributed by atoms with Gasteiger partial charge in [-0.3, -0.25) is 4.79 Å². The van der Waals surface area contributed by atoms with Crippen molar-refractivity contribution < 1.29 is 80.9 Å². The third-order valence-electron chi connectivity index (χ3n) is 5.00. The first kappa shape index (κ1) is 34.3. The maximum Gasteiger partial charge on any atom is 0.460 e. The van der Waals surface area contributed by atoms with E-state index in [-0.39, 0.29) is 17.7 Å². The molecule has 0 aromatic rings. The molecule has 0 bridgehead atoms. The van der Waals surface area contributed by atoms with E-state index in [9.17, 15) is 75.8 Å². The molecule has 1 amide bonds. The molecule has 216 valence electrons. The van der Waals surface area contributed by atoms with E-state index in [0.717, 1.165) is 13.8 Å². The zero-order chi connectivity index (χ0) is 29.3. The molecule has 0 aliphatic rings. The number of hydrogen-bond acceptors (Lipinski definition) is 3. The second-order valence-electron chi connectivity index (χ2n) is 7.63. The van der Waals surface area contributed by atoms with Crippen LogP contribution in [0.15, 0.2) is 0 Å². The van der Waals surface area contributed by atoms with Crippen molar-refractivity contribution >= 4 is 5.91 Å². The number of carbonyl (C=O) groups is 1. The number of aliphatic hydroxyl groups excluding tert-OH is 2. The van der Waals surface area contributed by atoms with Gasteiger partial charge >= 0.3 is 41.7 Å². The third kappa shape index (κ3) is 5.60. The Morgan fingerprint density at radius 2 is 1.08 bits per heavy atom. The molecule has 0 aromatic heterocycles. The van der Waals surface area contributed by atoms with Gasteiger partial charge in [0.1, 0.15) is 0 Å². The number of nitrogens with zero attached hydrogens (tertiary/aromatic N) is 1. The predicted molar refractivity (Wildman–Crippen MR) is 89.5 cm³/mol. The number of rotatable bonds is 13. The van der Waals surface area contributed by atoms with Crippen LogP contribution in [0.3, 0.4) is 0 Å². The molecule has 0 saturated heterocycles. The monoisotopic (exact) mass is 571 g/mol. The van der Waals surface area contributed by atoms with Crippen molar-refractivity contribution in [2.24, 2.45) is 0 Å². The minimum absolute atomic E-state index is 0.204. The summed E-state index contributed by atoms with van der Waals surface area (Å²) in [6.45, 7) is -0.0493. The highest BCUT2D eigenvalue weighted by Gasteiger charge is 2.94. The molecule has 2 unspecified atom stereocenters. The van der Waals surface area contributed by atoms with Gasteiger partial charge in [0.25, 0.3) is 5.91 Å². The second-order valence-corrected chi connectivity index (χ2v) is 7.63. The molecule has 0 saturated carbocycles. The second kappa shape index (κ2) is 10.6. The summed E-state index contributed by atoms with van der Waals surface area (Å²) in [7, 11) is 0. The summed E-state index contributed by atoms with van der Waals surface area (Å²) in [4.78, 5) is 11.4. The normalized spacial score (nSPS) is 16.6. The number of carbonyl (C=O) groups excluding carboxylic acids is 1. The van der Waals surface area contributed by atoms with E-state index >= 15 is 0 Å². The zero-order valence-corrected chi connectivity index (χ0v) is 18.1. The lowest BCUT2D eigenvalue weighted by Gasteiger charge is -2.41. The van der Waals surface area contributed by atoms with Crippen LogP contribution in [0.4, 0.5) is 65.9 Å². The summed E-state index contributed by atoms with van der Waals surface area (Å²) < 4.78 is 199. The Morgan fingerprint density at radius 1 is 0.694 bits per heavy atom. The first-order valence-electron chi connectivity index (χ1n) is 9.69. The Bertz CT molecular complexity index is 752. The molecule has 0 aliphatic heterocycles. The molecule has 0 aliphatic carbocycles. The van der Waals surface area contributed by atoms with Gasteiger partial charge < -0.3 is 15.1 Å². The molecule has 0 fully saturated rings. The average molecular weight is 571 g/mol. The predicted octanol–water partition coefficient (Wildman–Crippen LogP) is 5.12. The number of hydrogen-bond donors (Lipinski definition) is 2. The van der Waals surface area contributed by atoms with Gasteiger partial charge in [0.2, 0.25) is 0 Å². The largest absolute Gasteiger partial charge is 0.460 e. The van der Waals surface area contributed by atoms with Crippen LogP contribution in [-0.2, 0) is 4.79 Å². The molecule has 2 N–H and O–H groups in total. The van der Waals surface area contributed by atoms with Gasteiger partial charge in [0.05, 0.1) is 12.2 Å². The van der Waals surface area contributed by atoms with Gasteiger partial charge in [-0.1, -0.05) is 0 Å². The van der Waals surface area contributed by atoms with E-state index in [0.29, 0.717) is 0 Å². The van der Waals surface area contributed by atoms with Crippen LogP contribution in [-0.4, -0.2) is 88.0 Å². The fraction of sp³-hybridized carbons (Fsp3) is 0.941. The highest BCUT2D eigenvalue weighted by atomic mass is 19.4. The molecular formula is C17H20F15NO3. The molecule has 0 radical (unpaired) electrons. The molecule has 2 atom stereocenters. The Morgan fingerprint density at radius 3 is 1.44 bits per heavy atom. The van der Waals surface area contributed by atoms with E-state index in [1.807, 2.05) is 0 Å². The van der Waals surface area contributed by atoms with Crippen LogP contribution in [0.1, 0.15) is 33.1 Å². The number of aliphatic hydroxyl groups is 2. The Labute approximate surface area is 193 Å². The van der Waals surface area contributed by atoms with E-state index in [1.165, 1.54) is 0 Å². The van der Waals surface area contributed by atoms with Crippen LogP contribution in [0, 0.1) is 0 Å². The van der Waals surface area contributed by atoms with E-state index in [4.69, 9.17) is 5.11 Å². The van der Waals surface area contributed by atoms with Crippen molar-refractivity contribution in [3.05, 3.63) is 0 Å². The lowest BCUT2D eigenvalue weighted by atomic mass is 9.90. The number of alkyl halides is 15. The maximum absolute atomic E-state index is 14.0. The quantitative estimate of drug-likeness (QED) is 0.239. The lowest BCUT2D eigenvalue weighted by molar-refractivity contribution is -0.449. The van der Waals surface area contributed by atoms with Gasteiger partial charge in [0.15, 0.2) is 0 Å². The summed E-state index contributed by atoms with van der Waals surface area (Å²) in [5, 5.41) is 18.4. The molecule has 0 aromatic carbocycles. The first-order chi connectivity index (χ1) is 15.7. The number of amides is 1. The van der Waals surface area contributed by atoms with Gasteiger partial charge in [-0.05, 0) is 33.1 Å². The maximum atomic E-state index is 14.0. The van der Waals surface area contributed by atoms with Crippen LogP contribution < -0.4 is 0 Å². The highest BCUT2D eigenvalue weighted by molar-refractivity contribution is 5.85. The summed E-state index contributed by atoms with van der Waals surface area (Å²) in [6, 6.07) is 0. The molecule has 36 heavy (non-hydrogen) atoms. The Hall–Kier alpha value is -1.66. The summed E-state index contributed by atoms with van der Waals surface area (Å²) in [6.07, 6.45) is -11.2. The van der Waals surface area contributed by atoms with Gasteiger partial charge in [-0.25, -0.2) is 0 Å². The van der Waals surface area contributed by atoms with Crippen LogP contribution in [0.25, 0.3) is 0 Å². The van der Waals surface area contributed by atoms with Gasteiger partial charge in [-0.2, -0.15) is 65.9 Å². The number of halogens is 15. The van der Waals surface area contributed by atoms with Crippen molar-refractivity contribution in [1.29, 1.82) is 0 Å². The topological polar surface area (TPSA) is 60.8 Å². The molecule has 19 heteroatoms. The molecule has 0 heterocycles. The zero-order valence-electron chi connectivity index (χ0n) is 18.1. The number of unbranched alkanes of at least 4 members (excludes halogenated alkanes) is 1. The molecule has 0 spiro atoms. The summed E-state index contributed by atoms with van der Waals surface area (Å²) >= 11 is 0. The fourth-order valence-corrected chi connectivity index (χ4v) is 2.60. The SMILES string of the molecule is CCN(CCCCC(O)C(C)O)C(=O)C(F)(F)C(F)(F)C(F)(F)C(F)(F)C(F)(F)C(F)(F)C(F)(F)F. The standard InChI is InChI=1S/C17H20F15NO3/c1-3-33(7-5-4-6-9(35)8(2)34)10(36)11(18,19)12(20,21)13(22,23)14(24,25)15(26,27)16(28,29)17(30,31)32/h8-9,34-35H,3-7H2,1-2H3. The van der Waals surface area contributed by atoms with E-state index < -0.39 is 79.3 Å². The molecular weight excluding hydrogens is 551 g/mol. The van der Waals surface area contributed by atoms with Crippen molar-refractivity contribution in [2.45, 2.75) is 87.0 Å². The fourth-order valence-electron chi connectivity index (χ4n) is 2.60. The van der Waals surface area contributed by atoms with Crippen LogP contribution in [0.2, 0.25) is 0 Å². The molecule has 0 rings (SSSR count). The van der Waals surface area contributed by atoms with Gasteiger partial charge in [-0.15, -0.1) is 0 Å². The lowest BCUT2D eigenvalue weighted by Crippen LogP contribution is -2.74. The van der Waals surface area contributed by atoms with Crippen LogP contribution in [0.5, 0.6) is 0 Å². The van der Waals surface area contributed by atoms with Crippen molar-refractivity contribution in [2.75, 3.05) is 13.1 Å². The average Bonchev–Trinajstić information content (AvgIpc) is 2.71. The van der Waals surface area contributed by atoms with Crippen molar-refractivity contribution in [3.63, 3.8) is 0 Å². The Balaban J connectivity index is 6.13. The highest BCUT2D eigenvalue weighted by Crippen LogP contribution is 2.62.